The van der Waals surface area contributed by atoms with Crippen LogP contribution in [0.25, 0.3) is 0 Å². The van der Waals surface area contributed by atoms with Crippen molar-refractivity contribution in [1.29, 1.82) is 0 Å². The van der Waals surface area contributed by atoms with Crippen LogP contribution in [0.2, 0.25) is 0 Å². The molecule has 0 radical (unpaired) electrons. The zero-order chi connectivity index (χ0) is 21.6. The molecular weight excluding hydrogens is 378 g/mol. The topological polar surface area (TPSA) is 55.8 Å². The van der Waals surface area contributed by atoms with Crippen molar-refractivity contribution < 1.29 is 19.1 Å². The predicted molar refractivity (Wildman–Crippen MR) is 117 cm³/mol. The highest BCUT2D eigenvalue weighted by Gasteiger charge is 2.44. The highest BCUT2D eigenvalue weighted by molar-refractivity contribution is 5.81. The summed E-state index contributed by atoms with van der Waals surface area (Å²) in [5.41, 5.74) is 0.600. The molecule has 30 heavy (non-hydrogen) atoms. The molecule has 1 unspecified atom stereocenters. The molecule has 166 valence electrons. The highest BCUT2D eigenvalue weighted by Crippen LogP contribution is 2.39. The Kier molecular flexibility index (Phi) is 7.56. The van der Waals surface area contributed by atoms with Crippen molar-refractivity contribution in [3.05, 3.63) is 35.9 Å². The number of esters is 1. The van der Waals surface area contributed by atoms with Crippen molar-refractivity contribution in [2.75, 3.05) is 26.3 Å². The molecule has 0 N–H and O–H groups in total. The van der Waals surface area contributed by atoms with E-state index in [9.17, 15) is 9.59 Å². The molecule has 1 aromatic carbocycles. The third kappa shape index (κ3) is 5.63. The zero-order valence-electron chi connectivity index (χ0n) is 18.8. The van der Waals surface area contributed by atoms with Crippen molar-refractivity contribution in [2.24, 2.45) is 11.3 Å². The van der Waals surface area contributed by atoms with Crippen molar-refractivity contribution in [3.63, 3.8) is 0 Å². The molecule has 0 saturated carbocycles. The number of amides is 1. The van der Waals surface area contributed by atoms with Gasteiger partial charge in [0, 0.05) is 25.6 Å². The van der Waals surface area contributed by atoms with Gasteiger partial charge in [-0.2, -0.15) is 0 Å². The standard InChI is InChI=1S/C25H37NO4/c1-4-29-23(28)25(13-8-11-20-9-6-5-7-10-20)14-16-26(17-15-25)22(27)21-12-18-30-24(2,3)19-21/h5-7,9-10,21H,4,8,11-19H2,1-3H3. The minimum absolute atomic E-state index is 0.0296. The fourth-order valence-corrected chi connectivity index (χ4v) is 4.97. The Bertz CT molecular complexity index is 707. The number of nitrogens with zero attached hydrogens (tertiary/aromatic N) is 1. The minimum atomic E-state index is -0.462. The van der Waals surface area contributed by atoms with Crippen LogP contribution >= 0.6 is 0 Å². The Labute approximate surface area is 181 Å². The van der Waals surface area contributed by atoms with E-state index < -0.39 is 5.41 Å². The first kappa shape index (κ1) is 22.8. The van der Waals surface area contributed by atoms with Crippen molar-refractivity contribution >= 4 is 11.9 Å². The van der Waals surface area contributed by atoms with Crippen molar-refractivity contribution in [1.82, 2.24) is 4.90 Å². The number of carbonyl (C=O) groups excluding carboxylic acids is 2. The third-order valence-electron chi connectivity index (χ3n) is 6.75. The van der Waals surface area contributed by atoms with Crippen LogP contribution in [0.3, 0.4) is 0 Å². The lowest BCUT2D eigenvalue weighted by Crippen LogP contribution is -2.50. The summed E-state index contributed by atoms with van der Waals surface area (Å²) < 4.78 is 11.2. The van der Waals surface area contributed by atoms with Gasteiger partial charge < -0.3 is 14.4 Å². The van der Waals surface area contributed by atoms with Gasteiger partial charge in [0.15, 0.2) is 0 Å². The van der Waals surface area contributed by atoms with Gasteiger partial charge in [0.1, 0.15) is 0 Å². The van der Waals surface area contributed by atoms with Gasteiger partial charge in [-0.1, -0.05) is 30.3 Å². The lowest BCUT2D eigenvalue weighted by Gasteiger charge is -2.42. The van der Waals surface area contributed by atoms with Crippen LogP contribution in [0.15, 0.2) is 30.3 Å². The first-order valence-electron chi connectivity index (χ1n) is 11.5. The zero-order valence-corrected chi connectivity index (χ0v) is 18.8. The first-order valence-corrected chi connectivity index (χ1v) is 11.5. The van der Waals surface area contributed by atoms with Gasteiger partial charge in [0.2, 0.25) is 5.91 Å². The molecule has 2 aliphatic rings. The molecule has 2 fully saturated rings. The molecule has 0 aromatic heterocycles. The fourth-order valence-electron chi connectivity index (χ4n) is 4.97. The molecular formula is C25H37NO4. The van der Waals surface area contributed by atoms with Gasteiger partial charge in [0.25, 0.3) is 0 Å². The summed E-state index contributed by atoms with van der Waals surface area (Å²) in [7, 11) is 0. The number of piperidine rings is 1. The molecule has 5 heteroatoms. The molecule has 2 heterocycles. The van der Waals surface area contributed by atoms with Gasteiger partial charge in [-0.25, -0.2) is 0 Å². The SMILES string of the molecule is CCOC(=O)C1(CCCc2ccccc2)CCN(C(=O)C2CCOC(C)(C)C2)CC1. The second-order valence-electron chi connectivity index (χ2n) is 9.46. The molecule has 0 spiro atoms. The van der Waals surface area contributed by atoms with E-state index in [0.29, 0.717) is 39.1 Å². The summed E-state index contributed by atoms with van der Waals surface area (Å²) in [6.45, 7) is 8.30. The van der Waals surface area contributed by atoms with Gasteiger partial charge in [-0.3, -0.25) is 9.59 Å². The largest absolute Gasteiger partial charge is 0.466 e. The number of aryl methyl sites for hydroxylation is 1. The number of benzene rings is 1. The Balaban J connectivity index is 1.59. The molecule has 1 amide bonds. The maximum atomic E-state index is 13.1. The molecule has 5 nitrogen and oxygen atoms in total. The first-order chi connectivity index (χ1) is 14.4. The molecule has 2 saturated heterocycles. The van der Waals surface area contributed by atoms with E-state index in [1.54, 1.807) is 0 Å². The van der Waals surface area contributed by atoms with Crippen LogP contribution in [0, 0.1) is 11.3 Å². The van der Waals surface area contributed by atoms with Crippen LogP contribution in [-0.4, -0.2) is 48.7 Å². The average molecular weight is 416 g/mol. The number of rotatable bonds is 7. The Hall–Kier alpha value is -1.88. The summed E-state index contributed by atoms with van der Waals surface area (Å²) >= 11 is 0. The number of hydrogen-bond donors (Lipinski definition) is 0. The molecule has 0 aliphatic carbocycles. The van der Waals surface area contributed by atoms with Gasteiger partial charge in [0.05, 0.1) is 17.6 Å². The molecule has 0 bridgehead atoms. The van der Waals surface area contributed by atoms with Crippen LogP contribution in [0.1, 0.15) is 64.9 Å². The van der Waals surface area contributed by atoms with Crippen molar-refractivity contribution in [2.45, 2.75) is 71.3 Å². The van der Waals surface area contributed by atoms with Crippen LogP contribution in [-0.2, 0) is 25.5 Å². The summed E-state index contributed by atoms with van der Waals surface area (Å²) in [5.74, 6) is 0.174. The van der Waals surface area contributed by atoms with E-state index >= 15 is 0 Å². The summed E-state index contributed by atoms with van der Waals surface area (Å²) in [6.07, 6.45) is 5.67. The van der Waals surface area contributed by atoms with E-state index in [2.05, 4.69) is 38.1 Å². The Morgan fingerprint density at radius 2 is 1.87 bits per heavy atom. The second-order valence-corrected chi connectivity index (χ2v) is 9.46. The van der Waals surface area contributed by atoms with E-state index in [1.807, 2.05) is 17.9 Å². The van der Waals surface area contributed by atoms with Crippen LogP contribution in [0.4, 0.5) is 0 Å². The number of likely N-dealkylation sites (tertiary alicyclic amines) is 1. The quantitative estimate of drug-likeness (QED) is 0.620. The number of hydrogen-bond acceptors (Lipinski definition) is 4. The van der Waals surface area contributed by atoms with Crippen LogP contribution in [0.5, 0.6) is 0 Å². The molecule has 3 rings (SSSR count). The molecule has 2 aliphatic heterocycles. The normalized spacial score (nSPS) is 23.0. The van der Waals surface area contributed by atoms with Crippen LogP contribution < -0.4 is 0 Å². The van der Waals surface area contributed by atoms with E-state index in [-0.39, 0.29) is 23.4 Å². The van der Waals surface area contributed by atoms with Gasteiger partial charge in [-0.05, 0) is 71.3 Å². The lowest BCUT2D eigenvalue weighted by atomic mass is 9.74. The summed E-state index contributed by atoms with van der Waals surface area (Å²) in [5, 5.41) is 0. The lowest BCUT2D eigenvalue weighted by molar-refractivity contribution is -0.162. The van der Waals surface area contributed by atoms with E-state index in [1.165, 1.54) is 5.56 Å². The second kappa shape index (κ2) is 9.95. The van der Waals surface area contributed by atoms with E-state index in [0.717, 1.165) is 32.1 Å². The number of carbonyl (C=O) groups is 2. The fraction of sp³-hybridized carbons (Fsp3) is 0.680. The molecule has 1 aromatic rings. The van der Waals surface area contributed by atoms with Crippen molar-refractivity contribution in [3.8, 4) is 0 Å². The number of ether oxygens (including phenoxy) is 2. The maximum Gasteiger partial charge on any atom is 0.312 e. The maximum absolute atomic E-state index is 13.1. The Morgan fingerprint density at radius 3 is 2.50 bits per heavy atom. The highest BCUT2D eigenvalue weighted by atomic mass is 16.5. The minimum Gasteiger partial charge on any atom is -0.466 e. The predicted octanol–water partition coefficient (Wildman–Crippen LogP) is 4.39. The van der Waals surface area contributed by atoms with E-state index in [4.69, 9.17) is 9.47 Å². The molecule has 1 atom stereocenters. The summed E-state index contributed by atoms with van der Waals surface area (Å²) in [4.78, 5) is 28.0. The smallest absolute Gasteiger partial charge is 0.312 e. The average Bonchev–Trinajstić information content (AvgIpc) is 2.74. The van der Waals surface area contributed by atoms with Gasteiger partial charge >= 0.3 is 5.97 Å². The Morgan fingerprint density at radius 1 is 1.17 bits per heavy atom. The third-order valence-corrected chi connectivity index (χ3v) is 6.75. The monoisotopic (exact) mass is 415 g/mol. The van der Waals surface area contributed by atoms with Gasteiger partial charge in [-0.15, -0.1) is 0 Å². The summed E-state index contributed by atoms with van der Waals surface area (Å²) in [6, 6.07) is 10.4.